The van der Waals surface area contributed by atoms with E-state index in [1.54, 1.807) is 0 Å². The highest BCUT2D eigenvalue weighted by Crippen LogP contribution is 2.31. The number of hydrogen-bond acceptors (Lipinski definition) is 6. The highest BCUT2D eigenvalue weighted by atomic mass is 16.5. The minimum atomic E-state index is 0.211. The van der Waals surface area contributed by atoms with Gasteiger partial charge in [0.2, 0.25) is 0 Å². The van der Waals surface area contributed by atoms with Crippen LogP contribution in [0.5, 0.6) is 0 Å². The molecule has 1 unspecified atom stereocenters. The molecule has 6 rings (SSSR count). The highest BCUT2D eigenvalue weighted by molar-refractivity contribution is 5.91. The van der Waals surface area contributed by atoms with Crippen LogP contribution in [0.15, 0.2) is 49.1 Å². The van der Waals surface area contributed by atoms with Crippen LogP contribution in [0.1, 0.15) is 46.6 Å². The number of rotatable bonds is 5. The van der Waals surface area contributed by atoms with Gasteiger partial charge in [-0.2, -0.15) is 5.10 Å². The van der Waals surface area contributed by atoms with Crippen molar-refractivity contribution in [1.82, 2.24) is 29.6 Å². The molecule has 0 saturated carbocycles. The minimum absolute atomic E-state index is 0.211. The molecule has 2 fully saturated rings. The Kier molecular flexibility index (Phi) is 6.93. The van der Waals surface area contributed by atoms with E-state index >= 15 is 0 Å². The Morgan fingerprint density at radius 2 is 1.79 bits per heavy atom. The number of fused-ring (bicyclic) bond motifs is 1. The van der Waals surface area contributed by atoms with Gasteiger partial charge in [0.05, 0.1) is 36.3 Å². The molecular weight excluding hydrogens is 474 g/mol. The summed E-state index contributed by atoms with van der Waals surface area (Å²) in [5.41, 5.74) is 6.97. The Hall–Kier alpha value is -3.23. The van der Waals surface area contributed by atoms with Gasteiger partial charge in [0.15, 0.2) is 5.65 Å². The first kappa shape index (κ1) is 25.1. The molecule has 200 valence electrons. The van der Waals surface area contributed by atoms with Crippen LogP contribution in [0.3, 0.4) is 0 Å². The SMILES string of the molecule is CCN1CCC(n2cc(-c3c[nH]c4ncc(-c5ccc(N6C[C@@H](C)OC(C)[C@H](C)C6)cc5)nc34)cn2)CC1. The summed E-state index contributed by atoms with van der Waals surface area (Å²) >= 11 is 0. The molecule has 2 aliphatic rings. The van der Waals surface area contributed by atoms with Crippen LogP contribution < -0.4 is 4.90 Å². The predicted molar refractivity (Wildman–Crippen MR) is 152 cm³/mol. The number of H-pyrrole nitrogens is 1. The van der Waals surface area contributed by atoms with Crippen molar-refractivity contribution in [1.29, 1.82) is 0 Å². The molecular formula is C30H39N7O. The molecule has 2 aliphatic heterocycles. The Bertz CT molecular complexity index is 1370. The van der Waals surface area contributed by atoms with E-state index in [1.807, 2.05) is 18.6 Å². The highest BCUT2D eigenvalue weighted by Gasteiger charge is 2.25. The summed E-state index contributed by atoms with van der Waals surface area (Å²) in [6.45, 7) is 14.1. The molecule has 0 bridgehead atoms. The third kappa shape index (κ3) is 4.95. The second-order valence-electron chi connectivity index (χ2n) is 11.1. The number of likely N-dealkylation sites (tertiary alicyclic amines) is 1. The molecule has 8 heteroatoms. The monoisotopic (exact) mass is 513 g/mol. The van der Waals surface area contributed by atoms with Crippen LogP contribution in [0, 0.1) is 5.92 Å². The Morgan fingerprint density at radius 1 is 1.00 bits per heavy atom. The standard InChI is InChI=1S/C30H39N7O/c1-5-35-12-10-26(11-13-35)37-19-24(14-33-37)27-15-31-30-29(27)34-28(16-32-30)23-6-8-25(9-7-23)36-17-20(2)22(4)38-21(3)18-36/h6-9,14-16,19-22,26H,5,10-13,17-18H2,1-4H3,(H,31,32)/t20-,21-,22?/m1/s1. The van der Waals surface area contributed by atoms with E-state index in [0.717, 1.165) is 79.1 Å². The fourth-order valence-electron chi connectivity index (χ4n) is 5.91. The van der Waals surface area contributed by atoms with E-state index in [4.69, 9.17) is 19.8 Å². The predicted octanol–water partition coefficient (Wildman–Crippen LogP) is 5.39. The summed E-state index contributed by atoms with van der Waals surface area (Å²) in [6, 6.07) is 9.16. The summed E-state index contributed by atoms with van der Waals surface area (Å²) in [7, 11) is 0. The lowest BCUT2D eigenvalue weighted by molar-refractivity contribution is -0.000213. The van der Waals surface area contributed by atoms with E-state index in [1.165, 1.54) is 5.69 Å². The topological polar surface area (TPSA) is 75.1 Å². The number of nitrogens with one attached hydrogen (secondary N) is 1. The van der Waals surface area contributed by atoms with Gasteiger partial charge in [-0.15, -0.1) is 0 Å². The summed E-state index contributed by atoms with van der Waals surface area (Å²) in [6.07, 6.45) is 10.8. The molecule has 3 atom stereocenters. The van der Waals surface area contributed by atoms with Crippen molar-refractivity contribution in [3.63, 3.8) is 0 Å². The van der Waals surface area contributed by atoms with Crippen molar-refractivity contribution < 1.29 is 4.74 Å². The first-order valence-corrected chi connectivity index (χ1v) is 14.1. The van der Waals surface area contributed by atoms with E-state index < -0.39 is 0 Å². The van der Waals surface area contributed by atoms with Gasteiger partial charge in [-0.25, -0.2) is 9.97 Å². The number of nitrogens with zero attached hydrogens (tertiary/aromatic N) is 6. The molecule has 0 radical (unpaired) electrons. The number of ether oxygens (including phenoxy) is 1. The molecule has 38 heavy (non-hydrogen) atoms. The van der Waals surface area contributed by atoms with Gasteiger partial charge < -0.3 is 19.5 Å². The van der Waals surface area contributed by atoms with Crippen LogP contribution in [-0.2, 0) is 4.74 Å². The zero-order valence-corrected chi connectivity index (χ0v) is 23.0. The summed E-state index contributed by atoms with van der Waals surface area (Å²) in [5.74, 6) is 0.480. The van der Waals surface area contributed by atoms with Crippen molar-refractivity contribution in [3.8, 4) is 22.4 Å². The van der Waals surface area contributed by atoms with Gasteiger partial charge in [-0.05, 0) is 51.3 Å². The fraction of sp³-hybridized carbons (Fsp3) is 0.500. The van der Waals surface area contributed by atoms with E-state index in [0.29, 0.717) is 12.0 Å². The second-order valence-corrected chi connectivity index (χ2v) is 11.1. The first-order valence-electron chi connectivity index (χ1n) is 14.1. The fourth-order valence-corrected chi connectivity index (χ4v) is 5.91. The van der Waals surface area contributed by atoms with Crippen LogP contribution in [0.25, 0.3) is 33.5 Å². The van der Waals surface area contributed by atoms with Crippen LogP contribution >= 0.6 is 0 Å². The zero-order valence-electron chi connectivity index (χ0n) is 23.0. The third-order valence-corrected chi connectivity index (χ3v) is 8.43. The quantitative estimate of drug-likeness (QED) is 0.385. The van der Waals surface area contributed by atoms with Crippen LogP contribution in [0.4, 0.5) is 5.69 Å². The lowest BCUT2D eigenvalue weighted by Gasteiger charge is -2.31. The molecule has 0 aliphatic carbocycles. The Labute approximate surface area is 225 Å². The van der Waals surface area contributed by atoms with Gasteiger partial charge in [0, 0.05) is 61.0 Å². The van der Waals surface area contributed by atoms with Crippen molar-refractivity contribution in [2.45, 2.75) is 58.8 Å². The number of piperidine rings is 1. The molecule has 0 spiro atoms. The summed E-state index contributed by atoms with van der Waals surface area (Å²) in [4.78, 5) is 18.0. The second kappa shape index (κ2) is 10.5. The van der Waals surface area contributed by atoms with E-state index in [2.05, 4.69) is 77.6 Å². The van der Waals surface area contributed by atoms with Crippen molar-refractivity contribution in [2.24, 2.45) is 5.92 Å². The van der Waals surface area contributed by atoms with Crippen LogP contribution in [-0.4, -0.2) is 74.6 Å². The molecule has 4 aromatic rings. The van der Waals surface area contributed by atoms with Gasteiger partial charge in [-0.1, -0.05) is 26.0 Å². The number of aromatic nitrogens is 5. The van der Waals surface area contributed by atoms with E-state index in [9.17, 15) is 0 Å². The average molecular weight is 514 g/mol. The third-order valence-electron chi connectivity index (χ3n) is 8.43. The Balaban J connectivity index is 1.23. The maximum Gasteiger partial charge on any atom is 0.156 e. The molecule has 3 aromatic heterocycles. The smallest absolute Gasteiger partial charge is 0.156 e. The first-order chi connectivity index (χ1) is 18.5. The number of anilines is 1. The van der Waals surface area contributed by atoms with Crippen LogP contribution in [0.2, 0.25) is 0 Å². The molecule has 2 saturated heterocycles. The zero-order chi connectivity index (χ0) is 26.2. The minimum Gasteiger partial charge on any atom is -0.373 e. The Morgan fingerprint density at radius 3 is 2.55 bits per heavy atom. The largest absolute Gasteiger partial charge is 0.373 e. The molecule has 1 aromatic carbocycles. The van der Waals surface area contributed by atoms with Crippen molar-refractivity contribution in [2.75, 3.05) is 37.6 Å². The van der Waals surface area contributed by atoms with Gasteiger partial charge >= 0.3 is 0 Å². The summed E-state index contributed by atoms with van der Waals surface area (Å²) < 4.78 is 8.27. The lowest BCUT2D eigenvalue weighted by Crippen LogP contribution is -2.34. The maximum absolute atomic E-state index is 6.12. The number of aromatic amines is 1. The van der Waals surface area contributed by atoms with Gasteiger partial charge in [-0.3, -0.25) is 4.68 Å². The summed E-state index contributed by atoms with van der Waals surface area (Å²) in [5, 5.41) is 4.73. The average Bonchev–Trinajstić information content (AvgIpc) is 3.57. The molecule has 0 amide bonds. The number of benzene rings is 1. The van der Waals surface area contributed by atoms with E-state index in [-0.39, 0.29) is 12.2 Å². The van der Waals surface area contributed by atoms with Crippen molar-refractivity contribution >= 4 is 16.9 Å². The lowest BCUT2D eigenvalue weighted by atomic mass is 10.1. The maximum atomic E-state index is 6.12. The van der Waals surface area contributed by atoms with Crippen molar-refractivity contribution in [3.05, 3.63) is 49.1 Å². The molecule has 8 nitrogen and oxygen atoms in total. The number of hydrogen-bond donors (Lipinski definition) is 1. The van der Waals surface area contributed by atoms with Gasteiger partial charge in [0.25, 0.3) is 0 Å². The molecule has 1 N–H and O–H groups in total. The normalized spacial score (nSPS) is 23.7. The molecule has 5 heterocycles. The van der Waals surface area contributed by atoms with Gasteiger partial charge in [0.1, 0.15) is 5.52 Å².